The normalized spacial score (nSPS) is 14.4. The molecule has 21 heavy (non-hydrogen) atoms. The predicted octanol–water partition coefficient (Wildman–Crippen LogP) is 1.48. The maximum atomic E-state index is 9.97. The summed E-state index contributed by atoms with van der Waals surface area (Å²) in [6.45, 7) is 3.63. The molecule has 0 amide bonds. The van der Waals surface area contributed by atoms with Gasteiger partial charge in [-0.25, -0.2) is 9.97 Å². The highest BCUT2D eigenvalue weighted by molar-refractivity contribution is 7.99. The van der Waals surface area contributed by atoms with Gasteiger partial charge in [0.15, 0.2) is 5.65 Å². The number of fused-ring (bicyclic) bond motifs is 1. The molecule has 0 aromatic carbocycles. The monoisotopic (exact) mass is 329 g/mol. The van der Waals surface area contributed by atoms with E-state index in [1.165, 1.54) is 23.1 Å². The second kappa shape index (κ2) is 8.62. The molecule has 1 unspecified atom stereocenters. The Hall–Kier alpha value is -0.770. The molecule has 2 atom stereocenters. The quantitative estimate of drug-likeness (QED) is 0.409. The number of nitrogens with zero attached hydrogens (tertiary/aromatic N) is 2. The average Bonchev–Trinajstić information content (AvgIpc) is 2.97. The first-order chi connectivity index (χ1) is 10.2. The smallest absolute Gasteiger partial charge is 0.170 e. The Balaban J connectivity index is 1.99. The SMILES string of the molecule is CCOCCOC(Sc1cnc2ncsc2c1)[C@@H](O)CN. The van der Waals surface area contributed by atoms with Gasteiger partial charge < -0.3 is 20.3 Å². The van der Waals surface area contributed by atoms with Crippen LogP contribution in [0.5, 0.6) is 0 Å². The molecule has 0 saturated carbocycles. The summed E-state index contributed by atoms with van der Waals surface area (Å²) in [5.74, 6) is 0. The number of ether oxygens (including phenoxy) is 2. The lowest BCUT2D eigenvalue weighted by Gasteiger charge is -2.21. The first-order valence-corrected chi connectivity index (χ1v) is 8.44. The van der Waals surface area contributed by atoms with E-state index < -0.39 is 11.5 Å². The lowest BCUT2D eigenvalue weighted by molar-refractivity contribution is -0.00859. The third kappa shape index (κ3) is 4.87. The van der Waals surface area contributed by atoms with Crippen LogP contribution in [-0.4, -0.2) is 53.0 Å². The Morgan fingerprint density at radius 2 is 2.29 bits per heavy atom. The number of nitrogens with two attached hydrogens (primary N) is 1. The van der Waals surface area contributed by atoms with Crippen LogP contribution in [0.4, 0.5) is 0 Å². The van der Waals surface area contributed by atoms with E-state index in [1.807, 2.05) is 13.0 Å². The van der Waals surface area contributed by atoms with Gasteiger partial charge in [-0.3, -0.25) is 0 Å². The minimum absolute atomic E-state index is 0.141. The Kier molecular flexibility index (Phi) is 6.81. The van der Waals surface area contributed by atoms with Crippen molar-refractivity contribution in [3.05, 3.63) is 17.8 Å². The second-order valence-electron chi connectivity index (χ2n) is 4.20. The summed E-state index contributed by atoms with van der Waals surface area (Å²) in [6.07, 6.45) is 0.989. The largest absolute Gasteiger partial charge is 0.388 e. The van der Waals surface area contributed by atoms with E-state index in [0.29, 0.717) is 19.8 Å². The Morgan fingerprint density at radius 1 is 1.43 bits per heavy atom. The number of thioether (sulfide) groups is 1. The molecular formula is C13H19N3O3S2. The summed E-state index contributed by atoms with van der Waals surface area (Å²) in [5.41, 5.74) is 7.59. The van der Waals surface area contributed by atoms with Gasteiger partial charge in [-0.05, 0) is 13.0 Å². The molecule has 0 aliphatic heterocycles. The molecule has 0 fully saturated rings. The average molecular weight is 329 g/mol. The Morgan fingerprint density at radius 3 is 3.05 bits per heavy atom. The molecule has 0 bridgehead atoms. The van der Waals surface area contributed by atoms with Crippen LogP contribution in [0.3, 0.4) is 0 Å². The molecule has 0 aliphatic rings. The van der Waals surface area contributed by atoms with E-state index in [-0.39, 0.29) is 6.54 Å². The van der Waals surface area contributed by atoms with Crippen molar-refractivity contribution in [1.29, 1.82) is 0 Å². The van der Waals surface area contributed by atoms with Crippen molar-refractivity contribution in [2.24, 2.45) is 5.73 Å². The number of rotatable bonds is 9. The maximum absolute atomic E-state index is 9.97. The standard InChI is InChI=1S/C13H19N3O3S2/c1-2-18-3-4-19-13(10(17)6-14)21-9-5-11-12(15-7-9)16-8-20-11/h5,7-8,10,13,17H,2-4,6,14H2,1H3/t10-,13?/m0/s1. The third-order valence-electron chi connectivity index (χ3n) is 2.68. The zero-order valence-corrected chi connectivity index (χ0v) is 13.4. The van der Waals surface area contributed by atoms with E-state index in [0.717, 1.165) is 15.2 Å². The van der Waals surface area contributed by atoms with Crippen molar-refractivity contribution >= 4 is 33.4 Å². The predicted molar refractivity (Wildman–Crippen MR) is 84.6 cm³/mol. The second-order valence-corrected chi connectivity index (χ2v) is 6.26. The molecule has 3 N–H and O–H groups in total. The number of hydrogen-bond donors (Lipinski definition) is 2. The molecule has 2 rings (SSSR count). The highest BCUT2D eigenvalue weighted by Crippen LogP contribution is 2.29. The van der Waals surface area contributed by atoms with Gasteiger partial charge in [-0.15, -0.1) is 11.3 Å². The van der Waals surface area contributed by atoms with E-state index in [4.69, 9.17) is 15.2 Å². The Labute approximate surface area is 131 Å². The highest BCUT2D eigenvalue weighted by Gasteiger charge is 2.20. The highest BCUT2D eigenvalue weighted by atomic mass is 32.2. The molecule has 2 aromatic rings. The van der Waals surface area contributed by atoms with Crippen molar-refractivity contribution < 1.29 is 14.6 Å². The summed E-state index contributed by atoms with van der Waals surface area (Å²) in [6, 6.07) is 1.99. The molecule has 0 saturated heterocycles. The van der Waals surface area contributed by atoms with Crippen molar-refractivity contribution in [3.63, 3.8) is 0 Å². The zero-order chi connectivity index (χ0) is 15.1. The van der Waals surface area contributed by atoms with Gasteiger partial charge >= 0.3 is 0 Å². The number of aromatic nitrogens is 2. The summed E-state index contributed by atoms with van der Waals surface area (Å²) in [4.78, 5) is 9.33. The molecule has 2 heterocycles. The molecule has 0 aliphatic carbocycles. The lowest BCUT2D eigenvalue weighted by Crippen LogP contribution is -2.33. The van der Waals surface area contributed by atoms with Crippen LogP contribution in [0.25, 0.3) is 10.3 Å². The fourth-order valence-corrected chi connectivity index (χ4v) is 3.38. The maximum Gasteiger partial charge on any atom is 0.170 e. The van der Waals surface area contributed by atoms with Gasteiger partial charge in [0.2, 0.25) is 0 Å². The van der Waals surface area contributed by atoms with Gasteiger partial charge in [0.25, 0.3) is 0 Å². The van der Waals surface area contributed by atoms with Gasteiger partial charge in [-0.1, -0.05) is 11.8 Å². The summed E-state index contributed by atoms with van der Waals surface area (Å²) < 4.78 is 11.9. The third-order valence-corrected chi connectivity index (χ3v) is 4.63. The van der Waals surface area contributed by atoms with Crippen LogP contribution in [0.1, 0.15) is 6.92 Å². The van der Waals surface area contributed by atoms with Crippen LogP contribution in [-0.2, 0) is 9.47 Å². The van der Waals surface area contributed by atoms with Crippen LogP contribution >= 0.6 is 23.1 Å². The zero-order valence-electron chi connectivity index (χ0n) is 11.8. The van der Waals surface area contributed by atoms with E-state index in [2.05, 4.69) is 9.97 Å². The number of aliphatic hydroxyl groups excluding tert-OH is 1. The Bertz CT molecular complexity index is 552. The summed E-state index contributed by atoms with van der Waals surface area (Å²) in [5, 5.41) is 9.97. The van der Waals surface area contributed by atoms with E-state index in [1.54, 1.807) is 11.7 Å². The van der Waals surface area contributed by atoms with Crippen molar-refractivity contribution in [1.82, 2.24) is 9.97 Å². The first-order valence-electron chi connectivity index (χ1n) is 6.68. The van der Waals surface area contributed by atoms with Crippen molar-refractivity contribution in [2.75, 3.05) is 26.4 Å². The molecule has 2 aromatic heterocycles. The van der Waals surface area contributed by atoms with Gasteiger partial charge in [0.1, 0.15) is 11.5 Å². The van der Waals surface area contributed by atoms with Crippen LogP contribution in [0.2, 0.25) is 0 Å². The van der Waals surface area contributed by atoms with Gasteiger partial charge in [0, 0.05) is 24.2 Å². The summed E-state index contributed by atoms with van der Waals surface area (Å²) in [7, 11) is 0. The molecule has 8 heteroatoms. The van der Waals surface area contributed by atoms with Crippen molar-refractivity contribution in [3.8, 4) is 0 Å². The molecule has 6 nitrogen and oxygen atoms in total. The number of aliphatic hydroxyl groups is 1. The lowest BCUT2D eigenvalue weighted by atomic mass is 10.4. The first kappa shape index (κ1) is 16.6. The molecule has 0 spiro atoms. The van der Waals surface area contributed by atoms with Crippen LogP contribution in [0.15, 0.2) is 22.7 Å². The fourth-order valence-electron chi connectivity index (χ4n) is 1.64. The number of pyridine rings is 1. The fraction of sp³-hybridized carbons (Fsp3) is 0.538. The van der Waals surface area contributed by atoms with E-state index >= 15 is 0 Å². The van der Waals surface area contributed by atoms with Crippen molar-refractivity contribution in [2.45, 2.75) is 23.4 Å². The van der Waals surface area contributed by atoms with Gasteiger partial charge in [-0.2, -0.15) is 0 Å². The molecular weight excluding hydrogens is 310 g/mol. The van der Waals surface area contributed by atoms with Crippen LogP contribution < -0.4 is 5.73 Å². The summed E-state index contributed by atoms with van der Waals surface area (Å²) >= 11 is 2.94. The number of thiazole rings is 1. The topological polar surface area (TPSA) is 90.5 Å². The number of hydrogen-bond acceptors (Lipinski definition) is 8. The minimum Gasteiger partial charge on any atom is -0.388 e. The minimum atomic E-state index is -0.742. The molecule has 116 valence electrons. The van der Waals surface area contributed by atoms with Gasteiger partial charge in [0.05, 0.1) is 23.4 Å². The van der Waals surface area contributed by atoms with Crippen LogP contribution in [0, 0.1) is 0 Å². The molecule has 0 radical (unpaired) electrons. The van der Waals surface area contributed by atoms with E-state index in [9.17, 15) is 5.11 Å².